The monoisotopic (exact) mass is 384 g/mol. The van der Waals surface area contributed by atoms with E-state index in [4.69, 9.17) is 4.52 Å². The van der Waals surface area contributed by atoms with Crippen LogP contribution in [0, 0.1) is 11.6 Å². The number of aliphatic hydroxyl groups excluding tert-OH is 1. The topological polar surface area (TPSA) is 104 Å². The second-order valence-electron chi connectivity index (χ2n) is 6.07. The number of H-pyrrole nitrogens is 1. The normalized spacial score (nSPS) is 12.2. The third kappa shape index (κ3) is 3.35. The van der Waals surface area contributed by atoms with Gasteiger partial charge in [0.2, 0.25) is 5.82 Å². The van der Waals surface area contributed by atoms with Gasteiger partial charge in [-0.15, -0.1) is 0 Å². The molecular weight excluding hydrogens is 370 g/mol. The fourth-order valence-corrected chi connectivity index (χ4v) is 2.75. The summed E-state index contributed by atoms with van der Waals surface area (Å²) in [7, 11) is 0. The number of amides is 1. The molecule has 28 heavy (non-hydrogen) atoms. The molecular formula is C19H14F2N4O3. The van der Waals surface area contributed by atoms with Crippen LogP contribution in [0.2, 0.25) is 0 Å². The van der Waals surface area contributed by atoms with Gasteiger partial charge in [-0.2, -0.15) is 4.98 Å². The first kappa shape index (κ1) is 17.8. The van der Waals surface area contributed by atoms with Crippen LogP contribution in [0.4, 0.5) is 8.78 Å². The summed E-state index contributed by atoms with van der Waals surface area (Å²) < 4.78 is 31.9. The van der Waals surface area contributed by atoms with Gasteiger partial charge in [0, 0.05) is 28.2 Å². The van der Waals surface area contributed by atoms with Crippen molar-refractivity contribution in [3.05, 3.63) is 71.8 Å². The minimum absolute atomic E-state index is 0.0115. The minimum atomic E-state index is -0.952. The van der Waals surface area contributed by atoms with Gasteiger partial charge in [-0.25, -0.2) is 8.78 Å². The molecule has 4 aromatic rings. The molecule has 142 valence electrons. The van der Waals surface area contributed by atoms with Crippen molar-refractivity contribution in [1.82, 2.24) is 20.4 Å². The highest BCUT2D eigenvalue weighted by molar-refractivity contribution is 5.94. The fraction of sp³-hybridized carbons (Fsp3) is 0.105. The molecule has 2 heterocycles. The standard InChI is InChI=1S/C19H14F2N4O3/c20-12-4-1-10(2-5-12)18(27)23-16(9-26)19-24-17(25-28-19)11-3-6-15-13(7-11)14(21)8-22-15/h1-8,16,22,26H,9H2,(H,23,27). The highest BCUT2D eigenvalue weighted by Crippen LogP contribution is 2.25. The third-order valence-corrected chi connectivity index (χ3v) is 4.22. The lowest BCUT2D eigenvalue weighted by molar-refractivity contribution is 0.0901. The summed E-state index contributed by atoms with van der Waals surface area (Å²) in [5.74, 6) is -1.22. The molecule has 9 heteroatoms. The molecule has 1 amide bonds. The van der Waals surface area contributed by atoms with E-state index in [-0.39, 0.29) is 17.3 Å². The van der Waals surface area contributed by atoms with Crippen LogP contribution in [-0.4, -0.2) is 32.7 Å². The number of carbonyl (C=O) groups is 1. The maximum Gasteiger partial charge on any atom is 0.251 e. The van der Waals surface area contributed by atoms with Crippen molar-refractivity contribution in [3.63, 3.8) is 0 Å². The van der Waals surface area contributed by atoms with E-state index in [9.17, 15) is 18.7 Å². The van der Waals surface area contributed by atoms with Gasteiger partial charge in [0.05, 0.1) is 6.61 Å². The first-order valence-corrected chi connectivity index (χ1v) is 8.33. The third-order valence-electron chi connectivity index (χ3n) is 4.22. The fourth-order valence-electron chi connectivity index (χ4n) is 2.75. The Kier molecular flexibility index (Phi) is 4.58. The van der Waals surface area contributed by atoms with Crippen molar-refractivity contribution < 1.29 is 23.2 Å². The molecule has 0 aliphatic heterocycles. The van der Waals surface area contributed by atoms with E-state index in [0.717, 1.165) is 12.1 Å². The molecule has 2 aromatic carbocycles. The molecule has 0 bridgehead atoms. The number of aromatic amines is 1. The number of benzene rings is 2. The van der Waals surface area contributed by atoms with E-state index in [2.05, 4.69) is 20.4 Å². The highest BCUT2D eigenvalue weighted by atomic mass is 19.1. The van der Waals surface area contributed by atoms with Crippen LogP contribution in [0.5, 0.6) is 0 Å². The van der Waals surface area contributed by atoms with E-state index < -0.39 is 30.2 Å². The number of carbonyl (C=O) groups excluding carboxylic acids is 1. The maximum atomic E-state index is 13.8. The zero-order chi connectivity index (χ0) is 19.7. The molecule has 4 rings (SSSR count). The van der Waals surface area contributed by atoms with Crippen molar-refractivity contribution >= 4 is 16.8 Å². The molecule has 0 aliphatic rings. The summed E-state index contributed by atoms with van der Waals surface area (Å²) >= 11 is 0. The number of hydrogen-bond donors (Lipinski definition) is 3. The summed E-state index contributed by atoms with van der Waals surface area (Å²) in [6.45, 7) is -0.486. The second-order valence-corrected chi connectivity index (χ2v) is 6.07. The number of nitrogens with one attached hydrogen (secondary N) is 2. The molecule has 1 atom stereocenters. The van der Waals surface area contributed by atoms with Crippen LogP contribution in [0.15, 0.2) is 53.2 Å². The summed E-state index contributed by atoms with van der Waals surface area (Å²) in [5.41, 5.74) is 1.36. The van der Waals surface area contributed by atoms with E-state index in [1.54, 1.807) is 18.2 Å². The largest absolute Gasteiger partial charge is 0.394 e. The maximum absolute atomic E-state index is 13.8. The van der Waals surface area contributed by atoms with Gasteiger partial charge in [0.15, 0.2) is 0 Å². The van der Waals surface area contributed by atoms with Crippen LogP contribution >= 0.6 is 0 Å². The Hall–Kier alpha value is -3.59. The lowest BCUT2D eigenvalue weighted by atomic mass is 10.1. The predicted octanol–water partition coefficient (Wildman–Crippen LogP) is 2.96. The van der Waals surface area contributed by atoms with Gasteiger partial charge in [-0.3, -0.25) is 4.79 Å². The van der Waals surface area contributed by atoms with Crippen LogP contribution in [-0.2, 0) is 0 Å². The number of rotatable bonds is 5. The van der Waals surface area contributed by atoms with Crippen LogP contribution in [0.1, 0.15) is 22.3 Å². The Balaban J connectivity index is 1.56. The van der Waals surface area contributed by atoms with Crippen molar-refractivity contribution in [1.29, 1.82) is 0 Å². The molecule has 0 saturated carbocycles. The molecule has 0 aliphatic carbocycles. The van der Waals surface area contributed by atoms with E-state index in [1.165, 1.54) is 18.3 Å². The molecule has 0 radical (unpaired) electrons. The summed E-state index contributed by atoms with van der Waals surface area (Å²) in [4.78, 5) is 19.2. The molecule has 2 aromatic heterocycles. The summed E-state index contributed by atoms with van der Waals surface area (Å²) in [6, 6.07) is 8.94. The summed E-state index contributed by atoms with van der Waals surface area (Å²) in [5, 5.41) is 16.4. The Morgan fingerprint density at radius 3 is 2.75 bits per heavy atom. The number of nitrogens with zero attached hydrogens (tertiary/aromatic N) is 2. The highest BCUT2D eigenvalue weighted by Gasteiger charge is 2.22. The number of halogens is 2. The number of fused-ring (bicyclic) bond motifs is 1. The Labute approximate surface area is 157 Å². The van der Waals surface area contributed by atoms with Gasteiger partial charge in [-0.05, 0) is 42.5 Å². The zero-order valence-corrected chi connectivity index (χ0v) is 14.3. The van der Waals surface area contributed by atoms with E-state index in [0.29, 0.717) is 16.5 Å². The minimum Gasteiger partial charge on any atom is -0.394 e. The van der Waals surface area contributed by atoms with Gasteiger partial charge in [0.25, 0.3) is 11.8 Å². The van der Waals surface area contributed by atoms with E-state index >= 15 is 0 Å². The quantitative estimate of drug-likeness (QED) is 0.491. The van der Waals surface area contributed by atoms with Gasteiger partial charge in [-0.1, -0.05) is 5.16 Å². The molecule has 0 saturated heterocycles. The second kappa shape index (κ2) is 7.20. The average molecular weight is 384 g/mol. The number of hydrogen-bond acceptors (Lipinski definition) is 5. The van der Waals surface area contributed by atoms with Crippen LogP contribution in [0.3, 0.4) is 0 Å². The van der Waals surface area contributed by atoms with Crippen molar-refractivity contribution in [2.24, 2.45) is 0 Å². The van der Waals surface area contributed by atoms with Gasteiger partial charge in [0.1, 0.15) is 17.7 Å². The molecule has 7 nitrogen and oxygen atoms in total. The smallest absolute Gasteiger partial charge is 0.251 e. The van der Waals surface area contributed by atoms with Crippen molar-refractivity contribution in [2.75, 3.05) is 6.61 Å². The molecule has 3 N–H and O–H groups in total. The van der Waals surface area contributed by atoms with Gasteiger partial charge >= 0.3 is 0 Å². The Morgan fingerprint density at radius 1 is 1.21 bits per heavy atom. The van der Waals surface area contributed by atoms with Gasteiger partial charge < -0.3 is 19.9 Å². The Bertz CT molecular complexity index is 1140. The average Bonchev–Trinajstić information content (AvgIpc) is 3.34. The van der Waals surface area contributed by atoms with Crippen LogP contribution < -0.4 is 5.32 Å². The first-order valence-electron chi connectivity index (χ1n) is 8.33. The number of aliphatic hydroxyl groups is 1. The summed E-state index contributed by atoms with van der Waals surface area (Å²) in [6.07, 6.45) is 1.25. The first-order chi connectivity index (χ1) is 13.5. The SMILES string of the molecule is O=C(NC(CO)c1nc(-c2ccc3[nH]cc(F)c3c2)no1)c1ccc(F)cc1. The zero-order valence-electron chi connectivity index (χ0n) is 14.3. The Morgan fingerprint density at radius 2 is 2.00 bits per heavy atom. The molecule has 0 fully saturated rings. The van der Waals surface area contributed by atoms with Crippen LogP contribution in [0.25, 0.3) is 22.3 Å². The van der Waals surface area contributed by atoms with E-state index in [1.807, 2.05) is 0 Å². The lowest BCUT2D eigenvalue weighted by Crippen LogP contribution is -2.31. The molecule has 1 unspecified atom stereocenters. The number of aromatic nitrogens is 3. The van der Waals surface area contributed by atoms with Crippen molar-refractivity contribution in [2.45, 2.75) is 6.04 Å². The molecule has 0 spiro atoms. The predicted molar refractivity (Wildman–Crippen MR) is 95.2 cm³/mol. The van der Waals surface area contributed by atoms with Crippen molar-refractivity contribution in [3.8, 4) is 11.4 Å². The lowest BCUT2D eigenvalue weighted by Gasteiger charge is -2.12.